The van der Waals surface area contributed by atoms with Crippen LogP contribution in [0.4, 0.5) is 8.78 Å². The number of ether oxygens (including phenoxy) is 1. The summed E-state index contributed by atoms with van der Waals surface area (Å²) < 4.78 is 34.2. The van der Waals surface area contributed by atoms with Crippen LogP contribution in [0.3, 0.4) is 0 Å². The molecule has 0 spiro atoms. The van der Waals surface area contributed by atoms with Gasteiger partial charge >= 0.3 is 0 Å². The number of rotatable bonds is 4. The Morgan fingerprint density at radius 3 is 2.68 bits per heavy atom. The Kier molecular flexibility index (Phi) is 6.02. The molecule has 0 radical (unpaired) electrons. The number of aryl methyl sites for hydroxylation is 2. The van der Waals surface area contributed by atoms with Crippen molar-refractivity contribution < 1.29 is 18.3 Å². The summed E-state index contributed by atoms with van der Waals surface area (Å²) >= 11 is 6.18. The molecule has 1 aromatic heterocycles. The Bertz CT molecular complexity index is 1140. The zero-order chi connectivity index (χ0) is 24.1. The Morgan fingerprint density at radius 2 is 1.97 bits per heavy atom. The van der Waals surface area contributed by atoms with E-state index in [4.69, 9.17) is 21.7 Å². The van der Waals surface area contributed by atoms with Crippen LogP contribution in [-0.4, -0.2) is 63.9 Å². The number of hydrogen-bond acceptors (Lipinski definition) is 6. The van der Waals surface area contributed by atoms with Crippen LogP contribution in [0.2, 0.25) is 5.02 Å². The molecular formula is C24H26ClF2N5O2. The van der Waals surface area contributed by atoms with Crippen molar-refractivity contribution in [3.63, 3.8) is 0 Å². The molecule has 0 saturated carbocycles. The van der Waals surface area contributed by atoms with Crippen LogP contribution < -0.4 is 10.1 Å². The average Bonchev–Trinajstić information content (AvgIpc) is 3.29. The molecular weight excluding hydrogens is 464 g/mol. The van der Waals surface area contributed by atoms with Gasteiger partial charge in [0, 0.05) is 36.8 Å². The lowest BCUT2D eigenvalue weighted by Crippen LogP contribution is -2.44. The van der Waals surface area contributed by atoms with Crippen molar-refractivity contribution >= 4 is 23.2 Å². The zero-order valence-corrected chi connectivity index (χ0v) is 19.7. The largest absolute Gasteiger partial charge is 0.489 e. The molecule has 34 heavy (non-hydrogen) atoms. The molecule has 2 N–H and O–H groups in total. The summed E-state index contributed by atoms with van der Waals surface area (Å²) in [7, 11) is 0. The minimum absolute atomic E-state index is 0.0255. The van der Waals surface area contributed by atoms with E-state index in [1.54, 1.807) is 13.8 Å². The van der Waals surface area contributed by atoms with Gasteiger partial charge in [-0.15, -0.1) is 0 Å². The summed E-state index contributed by atoms with van der Waals surface area (Å²) in [5.41, 5.74) is 1.80. The number of nitrogens with one attached hydrogen (secondary N) is 2. The number of piperidine rings is 1. The van der Waals surface area contributed by atoms with Gasteiger partial charge in [-0.3, -0.25) is 4.79 Å². The quantitative estimate of drug-likeness (QED) is 0.682. The number of fused-ring (bicyclic) bond motifs is 2. The Balaban J connectivity index is 1.35. The molecule has 1 amide bonds. The molecule has 10 heteroatoms. The summed E-state index contributed by atoms with van der Waals surface area (Å²) in [6, 6.07) is 3.58. The molecule has 3 aliphatic heterocycles. The fraction of sp³-hybridized carbons (Fsp3) is 0.500. The van der Waals surface area contributed by atoms with Crippen molar-refractivity contribution in [2.45, 2.75) is 63.4 Å². The highest BCUT2D eigenvalue weighted by molar-refractivity contribution is 6.31. The topological polar surface area (TPSA) is 91.2 Å². The van der Waals surface area contributed by atoms with Crippen LogP contribution in [0, 0.1) is 25.1 Å². The van der Waals surface area contributed by atoms with Crippen LogP contribution in [-0.2, 0) is 0 Å². The van der Waals surface area contributed by atoms with Gasteiger partial charge in [0.25, 0.3) is 5.91 Å². The van der Waals surface area contributed by atoms with Gasteiger partial charge in [-0.05, 0) is 38.8 Å². The maximum absolute atomic E-state index is 14.1. The molecule has 5 atom stereocenters. The first kappa shape index (κ1) is 23.1. The van der Waals surface area contributed by atoms with Crippen molar-refractivity contribution in [2.75, 3.05) is 13.1 Å². The maximum atomic E-state index is 14.1. The third-order valence-corrected chi connectivity index (χ3v) is 7.46. The van der Waals surface area contributed by atoms with Crippen LogP contribution in [0.5, 0.6) is 5.75 Å². The number of hydrogen-bond donors (Lipinski definition) is 2. The SMILES string of the molecule is Cc1nc(C2CN(C(=O)c3ccc(F)cc3OC3CC4CC(F)C(C3)N4)CC2=N)nc(C)c1Cl. The summed E-state index contributed by atoms with van der Waals surface area (Å²) in [5, 5.41) is 12.2. The predicted molar refractivity (Wildman–Crippen MR) is 123 cm³/mol. The van der Waals surface area contributed by atoms with Gasteiger partial charge in [0.15, 0.2) is 0 Å². The van der Waals surface area contributed by atoms with Gasteiger partial charge < -0.3 is 20.4 Å². The first-order valence-electron chi connectivity index (χ1n) is 11.4. The van der Waals surface area contributed by atoms with Crippen molar-refractivity contribution in [1.82, 2.24) is 20.2 Å². The van der Waals surface area contributed by atoms with Crippen LogP contribution in [0.1, 0.15) is 52.8 Å². The Labute approximate surface area is 201 Å². The van der Waals surface area contributed by atoms with Crippen LogP contribution in [0.15, 0.2) is 18.2 Å². The fourth-order valence-electron chi connectivity index (χ4n) is 5.19. The van der Waals surface area contributed by atoms with E-state index in [0.29, 0.717) is 47.2 Å². The zero-order valence-electron chi connectivity index (χ0n) is 18.9. The molecule has 2 aromatic rings. The number of carbonyl (C=O) groups is 1. The molecule has 180 valence electrons. The summed E-state index contributed by atoms with van der Waals surface area (Å²) in [6.07, 6.45) is 0.294. The van der Waals surface area contributed by atoms with E-state index in [1.807, 2.05) is 0 Å². The molecule has 7 nitrogen and oxygen atoms in total. The van der Waals surface area contributed by atoms with Gasteiger partial charge in [0.2, 0.25) is 0 Å². The molecule has 3 fully saturated rings. The highest BCUT2D eigenvalue weighted by Crippen LogP contribution is 2.34. The van der Waals surface area contributed by atoms with Gasteiger partial charge in [0.05, 0.1) is 34.4 Å². The van der Waals surface area contributed by atoms with Gasteiger partial charge in [0.1, 0.15) is 29.7 Å². The third-order valence-electron chi connectivity index (χ3n) is 6.91. The van der Waals surface area contributed by atoms with Crippen molar-refractivity contribution in [2.24, 2.45) is 0 Å². The number of benzene rings is 1. The predicted octanol–water partition coefficient (Wildman–Crippen LogP) is 3.76. The lowest BCUT2D eigenvalue weighted by Gasteiger charge is -2.30. The number of nitrogens with zero attached hydrogens (tertiary/aromatic N) is 3. The number of carbonyl (C=O) groups excluding carboxylic acids is 1. The second-order valence-electron chi connectivity index (χ2n) is 9.40. The lowest BCUT2D eigenvalue weighted by molar-refractivity contribution is 0.0780. The second kappa shape index (κ2) is 8.85. The van der Waals surface area contributed by atoms with Crippen molar-refractivity contribution in [3.8, 4) is 5.75 Å². The number of alkyl halides is 1. The summed E-state index contributed by atoms with van der Waals surface area (Å²) in [6.45, 7) is 3.91. The Morgan fingerprint density at radius 1 is 1.24 bits per heavy atom. The standard InChI is InChI=1S/C24H26ClF2N5O2/c1-11-22(25)12(2)30-23(29-11)17-9-32(10-19(17)28)24(33)16-4-3-13(26)5-21(16)34-15-6-14-7-18(27)20(8-15)31-14/h3-5,14-15,17-18,20,28,31H,6-10H2,1-2H3. The van der Waals surface area contributed by atoms with Crippen LogP contribution >= 0.6 is 11.6 Å². The number of halogens is 3. The van der Waals surface area contributed by atoms with Crippen LogP contribution in [0.25, 0.3) is 0 Å². The first-order valence-corrected chi connectivity index (χ1v) is 11.8. The molecule has 3 aliphatic rings. The molecule has 1 aromatic carbocycles. The first-order chi connectivity index (χ1) is 16.2. The van der Waals surface area contributed by atoms with E-state index in [-0.39, 0.29) is 48.5 Å². The van der Waals surface area contributed by atoms with Gasteiger partial charge in [-0.2, -0.15) is 0 Å². The average molecular weight is 490 g/mol. The summed E-state index contributed by atoms with van der Waals surface area (Å²) in [4.78, 5) is 23.8. The van der Waals surface area contributed by atoms with Gasteiger partial charge in [-0.25, -0.2) is 18.7 Å². The normalized spacial score (nSPS) is 28.4. The lowest BCUT2D eigenvalue weighted by atomic mass is 10.0. The number of likely N-dealkylation sites (tertiary alicyclic amines) is 1. The van der Waals surface area contributed by atoms with E-state index >= 15 is 0 Å². The Hall–Kier alpha value is -2.65. The third kappa shape index (κ3) is 4.27. The van der Waals surface area contributed by atoms with Gasteiger partial charge in [-0.1, -0.05) is 11.6 Å². The molecule has 5 rings (SSSR count). The molecule has 3 saturated heterocycles. The molecule has 4 heterocycles. The van der Waals surface area contributed by atoms with E-state index in [0.717, 1.165) is 0 Å². The molecule has 2 bridgehead atoms. The van der Waals surface area contributed by atoms with E-state index in [9.17, 15) is 13.6 Å². The number of aromatic nitrogens is 2. The van der Waals surface area contributed by atoms with E-state index in [2.05, 4.69) is 15.3 Å². The van der Waals surface area contributed by atoms with Crippen molar-refractivity contribution in [3.05, 3.63) is 51.8 Å². The second-order valence-corrected chi connectivity index (χ2v) is 9.78. The fourth-order valence-corrected chi connectivity index (χ4v) is 5.28. The van der Waals surface area contributed by atoms with Crippen molar-refractivity contribution in [1.29, 1.82) is 5.41 Å². The van der Waals surface area contributed by atoms with E-state index in [1.165, 1.54) is 23.1 Å². The molecule has 0 aliphatic carbocycles. The highest BCUT2D eigenvalue weighted by atomic mass is 35.5. The van der Waals surface area contributed by atoms with E-state index < -0.39 is 17.9 Å². The highest BCUT2D eigenvalue weighted by Gasteiger charge is 2.42. The summed E-state index contributed by atoms with van der Waals surface area (Å²) in [5.74, 6) is -0.702. The minimum atomic E-state index is -0.915. The number of amides is 1. The maximum Gasteiger partial charge on any atom is 0.257 e. The minimum Gasteiger partial charge on any atom is -0.489 e. The smallest absolute Gasteiger partial charge is 0.257 e. The molecule has 5 unspecified atom stereocenters. The monoisotopic (exact) mass is 489 g/mol.